The van der Waals surface area contributed by atoms with Crippen LogP contribution < -0.4 is 11.1 Å². The van der Waals surface area contributed by atoms with Crippen LogP contribution in [0.25, 0.3) is 0 Å². The van der Waals surface area contributed by atoms with Crippen LogP contribution in [0.4, 0.5) is 11.4 Å². The summed E-state index contributed by atoms with van der Waals surface area (Å²) < 4.78 is 1.67. The second kappa shape index (κ2) is 5.46. The van der Waals surface area contributed by atoms with E-state index in [1.165, 1.54) is 0 Å². The standard InChI is InChI=1S/C11H13Cl2N5/c1-18-6-16-11(17-18)2-3-15-10-5-8(13)7(12)4-9(10)14/h4-6,15H,2-3,14H2,1H3. The van der Waals surface area contributed by atoms with Crippen LogP contribution in [0.1, 0.15) is 5.82 Å². The van der Waals surface area contributed by atoms with Gasteiger partial charge in [0.05, 0.1) is 21.4 Å². The number of nitrogens with zero attached hydrogens (tertiary/aromatic N) is 3. The summed E-state index contributed by atoms with van der Waals surface area (Å²) in [6.45, 7) is 0.673. The summed E-state index contributed by atoms with van der Waals surface area (Å²) in [7, 11) is 1.83. The van der Waals surface area contributed by atoms with E-state index in [4.69, 9.17) is 28.9 Å². The molecule has 18 heavy (non-hydrogen) atoms. The highest BCUT2D eigenvalue weighted by Gasteiger charge is 2.05. The molecule has 3 N–H and O–H groups in total. The summed E-state index contributed by atoms with van der Waals surface area (Å²) in [5.41, 5.74) is 7.17. The Kier molecular flexibility index (Phi) is 3.93. The minimum absolute atomic E-state index is 0.450. The van der Waals surface area contributed by atoms with E-state index in [-0.39, 0.29) is 0 Å². The van der Waals surface area contributed by atoms with E-state index in [0.29, 0.717) is 28.7 Å². The first-order valence-electron chi connectivity index (χ1n) is 5.39. The smallest absolute Gasteiger partial charge is 0.152 e. The zero-order valence-corrected chi connectivity index (χ0v) is 11.3. The van der Waals surface area contributed by atoms with E-state index >= 15 is 0 Å². The van der Waals surface area contributed by atoms with Crippen LogP contribution in [0, 0.1) is 0 Å². The molecule has 0 atom stereocenters. The van der Waals surface area contributed by atoms with E-state index in [1.54, 1.807) is 23.1 Å². The lowest BCUT2D eigenvalue weighted by atomic mass is 10.2. The average Bonchev–Trinajstić information content (AvgIpc) is 2.71. The maximum Gasteiger partial charge on any atom is 0.152 e. The Morgan fingerprint density at radius 1 is 1.33 bits per heavy atom. The van der Waals surface area contributed by atoms with Crippen molar-refractivity contribution in [1.29, 1.82) is 0 Å². The Bertz CT molecular complexity index is 552. The number of nitrogen functional groups attached to an aromatic ring is 1. The number of halogens is 2. The van der Waals surface area contributed by atoms with Gasteiger partial charge in [-0.1, -0.05) is 23.2 Å². The van der Waals surface area contributed by atoms with Crippen molar-refractivity contribution >= 4 is 34.6 Å². The van der Waals surface area contributed by atoms with Crippen molar-refractivity contribution in [3.63, 3.8) is 0 Å². The molecule has 96 valence electrons. The first-order chi connectivity index (χ1) is 8.56. The van der Waals surface area contributed by atoms with E-state index in [2.05, 4.69) is 15.4 Å². The summed E-state index contributed by atoms with van der Waals surface area (Å²) in [5.74, 6) is 0.781. The Morgan fingerprint density at radius 2 is 2.06 bits per heavy atom. The average molecular weight is 286 g/mol. The number of aromatic nitrogens is 3. The number of nitrogens with two attached hydrogens (primary N) is 1. The molecule has 0 aliphatic heterocycles. The van der Waals surface area contributed by atoms with Crippen LogP contribution in [-0.2, 0) is 13.5 Å². The topological polar surface area (TPSA) is 68.8 Å². The molecule has 2 aromatic rings. The van der Waals surface area contributed by atoms with Gasteiger partial charge in [0.2, 0.25) is 0 Å². The van der Waals surface area contributed by atoms with Crippen LogP contribution in [-0.4, -0.2) is 21.3 Å². The normalized spacial score (nSPS) is 10.6. The second-order valence-corrected chi connectivity index (χ2v) is 4.68. The van der Waals surface area contributed by atoms with Crippen molar-refractivity contribution in [3.8, 4) is 0 Å². The molecule has 1 heterocycles. The van der Waals surface area contributed by atoms with Crippen LogP contribution >= 0.6 is 23.2 Å². The van der Waals surface area contributed by atoms with Crippen LogP contribution in [0.2, 0.25) is 10.0 Å². The molecule has 2 rings (SSSR count). The summed E-state index contributed by atoms with van der Waals surface area (Å²) in [5, 5.41) is 8.29. The molecule has 0 spiro atoms. The third kappa shape index (κ3) is 3.05. The molecule has 5 nitrogen and oxygen atoms in total. The maximum atomic E-state index is 5.93. The van der Waals surface area contributed by atoms with E-state index in [0.717, 1.165) is 11.5 Å². The van der Waals surface area contributed by atoms with Crippen molar-refractivity contribution in [1.82, 2.24) is 14.8 Å². The lowest BCUT2D eigenvalue weighted by Gasteiger charge is -2.09. The second-order valence-electron chi connectivity index (χ2n) is 3.86. The fourth-order valence-corrected chi connectivity index (χ4v) is 1.86. The highest BCUT2D eigenvalue weighted by atomic mass is 35.5. The van der Waals surface area contributed by atoms with Crippen LogP contribution in [0.5, 0.6) is 0 Å². The Balaban J connectivity index is 1.96. The largest absolute Gasteiger partial charge is 0.397 e. The third-order valence-electron chi connectivity index (χ3n) is 2.40. The molecule has 0 radical (unpaired) electrons. The summed E-state index contributed by atoms with van der Waals surface area (Å²) in [6.07, 6.45) is 2.38. The molecule has 0 bridgehead atoms. The van der Waals surface area contributed by atoms with Gasteiger partial charge in [-0.15, -0.1) is 0 Å². The third-order valence-corrected chi connectivity index (χ3v) is 3.13. The molecule has 1 aromatic carbocycles. The molecular formula is C11H13Cl2N5. The van der Waals surface area contributed by atoms with Gasteiger partial charge >= 0.3 is 0 Å². The monoisotopic (exact) mass is 285 g/mol. The number of hydrogen-bond acceptors (Lipinski definition) is 4. The fraction of sp³-hybridized carbons (Fsp3) is 0.273. The lowest BCUT2D eigenvalue weighted by molar-refractivity contribution is 0.742. The molecule has 0 unspecified atom stereocenters. The number of anilines is 2. The molecule has 1 aromatic heterocycles. The zero-order chi connectivity index (χ0) is 13.1. The van der Waals surface area contributed by atoms with Gasteiger partial charge in [0, 0.05) is 20.0 Å². The van der Waals surface area contributed by atoms with E-state index < -0.39 is 0 Å². The minimum Gasteiger partial charge on any atom is -0.397 e. The zero-order valence-electron chi connectivity index (χ0n) is 9.82. The van der Waals surface area contributed by atoms with Gasteiger partial charge in [-0.3, -0.25) is 4.68 Å². The van der Waals surface area contributed by atoms with Crippen molar-refractivity contribution < 1.29 is 0 Å². The number of benzene rings is 1. The van der Waals surface area contributed by atoms with E-state index in [1.807, 2.05) is 7.05 Å². The van der Waals surface area contributed by atoms with Gasteiger partial charge < -0.3 is 11.1 Å². The van der Waals surface area contributed by atoms with Gasteiger partial charge in [-0.2, -0.15) is 5.10 Å². The quantitative estimate of drug-likeness (QED) is 0.847. The molecule has 0 saturated heterocycles. The number of hydrogen-bond donors (Lipinski definition) is 2. The predicted molar refractivity (Wildman–Crippen MR) is 74.1 cm³/mol. The SMILES string of the molecule is Cn1cnc(CCNc2cc(Cl)c(Cl)cc2N)n1. The number of nitrogens with one attached hydrogen (secondary N) is 1. The Hall–Kier alpha value is -1.46. The molecule has 7 heteroatoms. The highest BCUT2D eigenvalue weighted by molar-refractivity contribution is 6.42. The Morgan fingerprint density at radius 3 is 2.72 bits per heavy atom. The van der Waals surface area contributed by atoms with Gasteiger partial charge in [-0.05, 0) is 12.1 Å². The maximum absolute atomic E-state index is 5.93. The lowest BCUT2D eigenvalue weighted by Crippen LogP contribution is -2.08. The number of aryl methyl sites for hydroxylation is 1. The van der Waals surface area contributed by atoms with E-state index in [9.17, 15) is 0 Å². The summed E-state index contributed by atoms with van der Waals surface area (Å²) in [4.78, 5) is 4.13. The van der Waals surface area contributed by atoms with Gasteiger partial charge in [0.15, 0.2) is 5.82 Å². The van der Waals surface area contributed by atoms with Crippen molar-refractivity contribution in [2.45, 2.75) is 6.42 Å². The molecule has 0 amide bonds. The fourth-order valence-electron chi connectivity index (χ4n) is 1.52. The van der Waals surface area contributed by atoms with Gasteiger partial charge in [-0.25, -0.2) is 4.98 Å². The minimum atomic E-state index is 0.450. The van der Waals surface area contributed by atoms with Crippen LogP contribution in [0.3, 0.4) is 0 Å². The molecular weight excluding hydrogens is 273 g/mol. The first kappa shape index (κ1) is 13.0. The van der Waals surface area contributed by atoms with Crippen LogP contribution in [0.15, 0.2) is 18.5 Å². The summed E-state index contributed by atoms with van der Waals surface area (Å²) in [6, 6.07) is 3.34. The Labute approximate surface area is 115 Å². The molecule has 0 aliphatic rings. The van der Waals surface area contributed by atoms with Gasteiger partial charge in [0.25, 0.3) is 0 Å². The first-order valence-corrected chi connectivity index (χ1v) is 6.15. The van der Waals surface area contributed by atoms with Gasteiger partial charge in [0.1, 0.15) is 6.33 Å². The molecule has 0 saturated carbocycles. The predicted octanol–water partition coefficient (Wildman–Crippen LogP) is 2.36. The molecule has 0 fully saturated rings. The highest BCUT2D eigenvalue weighted by Crippen LogP contribution is 2.30. The number of rotatable bonds is 4. The molecule has 0 aliphatic carbocycles. The van der Waals surface area contributed by atoms with Crippen molar-refractivity contribution in [2.75, 3.05) is 17.6 Å². The summed E-state index contributed by atoms with van der Waals surface area (Å²) >= 11 is 11.8. The van der Waals surface area contributed by atoms with Crippen molar-refractivity contribution in [3.05, 3.63) is 34.3 Å². The van der Waals surface area contributed by atoms with Crippen molar-refractivity contribution in [2.24, 2.45) is 7.05 Å².